The number of nitrogens with zero attached hydrogens (tertiary/aromatic N) is 2. The minimum absolute atomic E-state index is 0.119. The van der Waals surface area contributed by atoms with Gasteiger partial charge in [-0.1, -0.05) is 0 Å². The number of carbonyl (C=O) groups is 3. The molecule has 2 N–H and O–H groups in total. The monoisotopic (exact) mass is 476 g/mol. The van der Waals surface area contributed by atoms with Crippen LogP contribution in [0.3, 0.4) is 0 Å². The number of anilines is 1. The molecule has 0 bridgehead atoms. The highest BCUT2D eigenvalue weighted by Gasteiger charge is 2.27. The number of amides is 2. The van der Waals surface area contributed by atoms with Crippen molar-refractivity contribution in [2.24, 2.45) is 5.41 Å². The van der Waals surface area contributed by atoms with Gasteiger partial charge in [0.2, 0.25) is 6.79 Å². The molecule has 3 rings (SSSR count). The van der Waals surface area contributed by atoms with Crippen molar-refractivity contribution >= 4 is 23.7 Å². The van der Waals surface area contributed by atoms with E-state index in [1.54, 1.807) is 45.0 Å². The smallest absolute Gasteiger partial charge is 0.347 e. The molecule has 2 amide bonds. The maximum atomic E-state index is 12.6. The van der Waals surface area contributed by atoms with Gasteiger partial charge in [0.05, 0.1) is 5.41 Å². The summed E-state index contributed by atoms with van der Waals surface area (Å²) < 4.78 is 15.1. The van der Waals surface area contributed by atoms with Crippen LogP contribution >= 0.6 is 0 Å². The van der Waals surface area contributed by atoms with Crippen molar-refractivity contribution in [3.63, 3.8) is 0 Å². The topological polar surface area (TPSA) is 109 Å². The molecule has 2 aliphatic heterocycles. The number of hydrogen-bond donors (Lipinski definition) is 2. The SMILES string of the molecule is CC(C)(C)C(=O)OCOC(=O)COc1ccc(NC(=O)N2CCN(C3CCNCC3)CC2)cc1. The lowest BCUT2D eigenvalue weighted by molar-refractivity contribution is -0.174. The van der Waals surface area contributed by atoms with Crippen LogP contribution in [0.4, 0.5) is 10.5 Å². The van der Waals surface area contributed by atoms with Crippen molar-refractivity contribution in [2.45, 2.75) is 39.7 Å². The van der Waals surface area contributed by atoms with Gasteiger partial charge in [-0.2, -0.15) is 0 Å². The Morgan fingerprint density at radius 1 is 1.00 bits per heavy atom. The number of ether oxygens (including phenoxy) is 3. The van der Waals surface area contributed by atoms with E-state index in [4.69, 9.17) is 14.2 Å². The van der Waals surface area contributed by atoms with Crippen molar-refractivity contribution in [1.82, 2.24) is 15.1 Å². The van der Waals surface area contributed by atoms with Crippen molar-refractivity contribution < 1.29 is 28.6 Å². The van der Waals surface area contributed by atoms with Crippen LogP contribution in [0.2, 0.25) is 0 Å². The zero-order chi connectivity index (χ0) is 24.6. The van der Waals surface area contributed by atoms with E-state index in [1.807, 2.05) is 4.90 Å². The summed E-state index contributed by atoms with van der Waals surface area (Å²) in [4.78, 5) is 40.3. The lowest BCUT2D eigenvalue weighted by atomic mass is 9.98. The maximum Gasteiger partial charge on any atom is 0.347 e. The van der Waals surface area contributed by atoms with Crippen LogP contribution in [0.1, 0.15) is 33.6 Å². The van der Waals surface area contributed by atoms with E-state index in [2.05, 4.69) is 15.5 Å². The summed E-state index contributed by atoms with van der Waals surface area (Å²) in [5.74, 6) is -0.651. The first-order valence-electron chi connectivity index (χ1n) is 11.8. The highest BCUT2D eigenvalue weighted by molar-refractivity contribution is 5.89. The Hall–Kier alpha value is -2.85. The first-order chi connectivity index (χ1) is 16.2. The van der Waals surface area contributed by atoms with Crippen molar-refractivity contribution in [2.75, 3.05) is 58.0 Å². The number of benzene rings is 1. The fourth-order valence-corrected chi connectivity index (χ4v) is 3.85. The Bertz CT molecular complexity index is 825. The fourth-order valence-electron chi connectivity index (χ4n) is 3.85. The predicted octanol–water partition coefficient (Wildman–Crippen LogP) is 2.06. The minimum Gasteiger partial charge on any atom is -0.482 e. The molecule has 0 spiro atoms. The molecule has 10 heteroatoms. The number of urea groups is 1. The number of piperidine rings is 1. The molecule has 0 aromatic heterocycles. The summed E-state index contributed by atoms with van der Waals surface area (Å²) >= 11 is 0. The van der Waals surface area contributed by atoms with Crippen LogP contribution in [0, 0.1) is 5.41 Å². The van der Waals surface area contributed by atoms with Gasteiger partial charge >= 0.3 is 18.0 Å². The van der Waals surface area contributed by atoms with Gasteiger partial charge in [0.15, 0.2) is 6.61 Å². The molecule has 0 atom stereocenters. The zero-order valence-corrected chi connectivity index (χ0v) is 20.3. The van der Waals surface area contributed by atoms with E-state index in [1.165, 1.54) is 12.8 Å². The normalized spacial score (nSPS) is 17.7. The second-order valence-electron chi connectivity index (χ2n) is 9.56. The summed E-state index contributed by atoms with van der Waals surface area (Å²) in [5, 5.41) is 6.30. The largest absolute Gasteiger partial charge is 0.482 e. The Morgan fingerprint density at radius 3 is 2.26 bits per heavy atom. The number of rotatable bonds is 7. The van der Waals surface area contributed by atoms with Gasteiger partial charge in [0.25, 0.3) is 0 Å². The summed E-state index contributed by atoms with van der Waals surface area (Å²) in [6, 6.07) is 7.26. The number of carbonyl (C=O) groups excluding carboxylic acids is 3. The molecule has 1 aromatic carbocycles. The van der Waals surface area contributed by atoms with Crippen LogP contribution in [-0.4, -0.2) is 86.5 Å². The molecule has 0 unspecified atom stereocenters. The van der Waals surface area contributed by atoms with Gasteiger partial charge in [0.1, 0.15) is 5.75 Å². The lowest BCUT2D eigenvalue weighted by Gasteiger charge is -2.40. The van der Waals surface area contributed by atoms with Gasteiger partial charge in [-0.25, -0.2) is 9.59 Å². The number of piperazine rings is 1. The summed E-state index contributed by atoms with van der Waals surface area (Å²) in [6.45, 7) is 9.72. The van der Waals surface area contributed by atoms with E-state index in [0.717, 1.165) is 26.2 Å². The predicted molar refractivity (Wildman–Crippen MR) is 126 cm³/mol. The van der Waals surface area contributed by atoms with Crippen LogP contribution in [0.15, 0.2) is 24.3 Å². The van der Waals surface area contributed by atoms with Gasteiger partial charge < -0.3 is 29.7 Å². The Kier molecular flexibility index (Phi) is 9.12. The lowest BCUT2D eigenvalue weighted by Crippen LogP contribution is -2.54. The van der Waals surface area contributed by atoms with Gasteiger partial charge in [-0.05, 0) is 71.0 Å². The molecule has 2 aliphatic rings. The maximum absolute atomic E-state index is 12.6. The van der Waals surface area contributed by atoms with Crippen molar-refractivity contribution in [1.29, 1.82) is 0 Å². The summed E-state index contributed by atoms with van der Waals surface area (Å²) in [5.41, 5.74) is -0.0174. The van der Waals surface area contributed by atoms with Gasteiger partial charge in [-0.3, -0.25) is 9.69 Å². The first-order valence-corrected chi connectivity index (χ1v) is 11.8. The second-order valence-corrected chi connectivity index (χ2v) is 9.56. The average molecular weight is 477 g/mol. The Morgan fingerprint density at radius 2 is 1.65 bits per heavy atom. The molecule has 34 heavy (non-hydrogen) atoms. The van der Waals surface area contributed by atoms with Crippen molar-refractivity contribution in [3.05, 3.63) is 24.3 Å². The third kappa shape index (κ3) is 7.88. The molecular weight excluding hydrogens is 440 g/mol. The minimum atomic E-state index is -0.665. The first kappa shape index (κ1) is 25.8. The van der Waals surface area contributed by atoms with E-state index in [9.17, 15) is 14.4 Å². The number of esters is 2. The highest BCUT2D eigenvalue weighted by atomic mass is 16.7. The molecule has 2 saturated heterocycles. The third-order valence-electron chi connectivity index (χ3n) is 5.91. The summed E-state index contributed by atoms with van der Waals surface area (Å²) in [7, 11) is 0. The molecule has 2 fully saturated rings. The zero-order valence-electron chi connectivity index (χ0n) is 20.3. The van der Waals surface area contributed by atoms with Crippen LogP contribution in [-0.2, 0) is 19.1 Å². The van der Waals surface area contributed by atoms with Gasteiger partial charge in [0, 0.05) is 37.9 Å². The van der Waals surface area contributed by atoms with E-state index in [-0.39, 0.29) is 12.6 Å². The molecule has 0 saturated carbocycles. The van der Waals surface area contributed by atoms with Crippen LogP contribution in [0.5, 0.6) is 5.75 Å². The fraction of sp³-hybridized carbons (Fsp3) is 0.625. The molecule has 10 nitrogen and oxygen atoms in total. The van der Waals surface area contributed by atoms with E-state index >= 15 is 0 Å². The molecule has 0 aliphatic carbocycles. The third-order valence-corrected chi connectivity index (χ3v) is 5.91. The van der Waals surface area contributed by atoms with Gasteiger partial charge in [-0.15, -0.1) is 0 Å². The standard InChI is InChI=1S/C24H36N4O6/c1-24(2,3)22(30)34-17-33-21(29)16-32-20-6-4-18(5-7-20)26-23(31)28-14-12-27(13-15-28)19-8-10-25-11-9-19/h4-7,19,25H,8-17H2,1-3H3,(H,26,31). The van der Waals surface area contributed by atoms with Crippen LogP contribution < -0.4 is 15.4 Å². The van der Waals surface area contributed by atoms with Crippen molar-refractivity contribution in [3.8, 4) is 5.75 Å². The second kappa shape index (κ2) is 12.0. The molecule has 1 aromatic rings. The number of nitrogens with one attached hydrogen (secondary N) is 2. The Balaban J connectivity index is 1.34. The summed E-state index contributed by atoms with van der Waals surface area (Å²) in [6.07, 6.45) is 2.34. The molecule has 2 heterocycles. The van der Waals surface area contributed by atoms with E-state index in [0.29, 0.717) is 30.6 Å². The number of hydrogen-bond acceptors (Lipinski definition) is 8. The van der Waals surface area contributed by atoms with Crippen LogP contribution in [0.25, 0.3) is 0 Å². The molecular formula is C24H36N4O6. The molecule has 188 valence electrons. The molecule has 0 radical (unpaired) electrons. The van der Waals surface area contributed by atoms with E-state index < -0.39 is 24.1 Å². The quantitative estimate of drug-likeness (QED) is 0.455. The Labute approximate surface area is 200 Å². The average Bonchev–Trinajstić information content (AvgIpc) is 2.83. The highest BCUT2D eigenvalue weighted by Crippen LogP contribution is 2.18.